The van der Waals surface area contributed by atoms with Crippen molar-refractivity contribution in [1.29, 1.82) is 0 Å². The largest absolute Gasteiger partial charge is 0.314 e. The van der Waals surface area contributed by atoms with E-state index in [1.54, 1.807) is 0 Å². The Morgan fingerprint density at radius 3 is 1.75 bits per heavy atom. The molecule has 0 saturated heterocycles. The maximum Gasteiger partial charge on any atom is 0.0537 e. The van der Waals surface area contributed by atoms with Crippen LogP contribution in [0.5, 0.6) is 0 Å². The van der Waals surface area contributed by atoms with Crippen LogP contribution in [0.15, 0.2) is 188 Å². The van der Waals surface area contributed by atoms with Gasteiger partial charge in [0.25, 0.3) is 0 Å². The molecule has 0 radical (unpaired) electrons. The van der Waals surface area contributed by atoms with Crippen LogP contribution in [0.1, 0.15) is 75.6 Å². The smallest absolute Gasteiger partial charge is 0.0537 e. The van der Waals surface area contributed by atoms with E-state index in [0.717, 1.165) is 38.5 Å². The van der Waals surface area contributed by atoms with Crippen molar-refractivity contribution >= 4 is 50.0 Å². The highest BCUT2D eigenvalue weighted by molar-refractivity contribution is 6.17. The van der Waals surface area contributed by atoms with E-state index in [-0.39, 0.29) is 5.41 Å². The van der Waals surface area contributed by atoms with Crippen LogP contribution in [0, 0.1) is 0 Å². The van der Waals surface area contributed by atoms with Gasteiger partial charge in [0.15, 0.2) is 0 Å². The molecule has 8 aromatic carbocycles. The molecule has 0 aromatic heterocycles. The molecular weight excluding hydrogens is 737 g/mol. The molecule has 3 aliphatic rings. The molecule has 3 aliphatic carbocycles. The summed E-state index contributed by atoms with van der Waals surface area (Å²) in [5.41, 5.74) is 18.6. The van der Waals surface area contributed by atoms with Crippen molar-refractivity contribution in [3.63, 3.8) is 0 Å². The summed E-state index contributed by atoms with van der Waals surface area (Å²) >= 11 is 0. The van der Waals surface area contributed by atoms with Gasteiger partial charge in [0, 0.05) is 39.2 Å². The first-order valence-corrected chi connectivity index (χ1v) is 22.6. The van der Waals surface area contributed by atoms with Crippen molar-refractivity contribution in [3.05, 3.63) is 210 Å². The molecule has 0 N–H and O–H groups in total. The van der Waals surface area contributed by atoms with Crippen molar-refractivity contribution in [3.8, 4) is 22.3 Å². The number of para-hydroxylation sites is 3. The molecule has 0 saturated carbocycles. The Hall–Kier alpha value is -6.64. The molecule has 0 aliphatic heterocycles. The maximum atomic E-state index is 2.57. The highest BCUT2D eigenvalue weighted by Gasteiger charge is 2.41. The zero-order chi connectivity index (χ0) is 41.5. The van der Waals surface area contributed by atoms with Crippen molar-refractivity contribution < 1.29 is 0 Å². The van der Waals surface area contributed by atoms with E-state index in [1.807, 2.05) is 13.8 Å². The quantitative estimate of drug-likeness (QED) is 0.134. The van der Waals surface area contributed by atoms with Gasteiger partial charge in [-0.05, 0) is 166 Å². The number of fused-ring (bicyclic) bond motifs is 3. The summed E-state index contributed by atoms with van der Waals surface area (Å²) in [7, 11) is 0. The van der Waals surface area contributed by atoms with E-state index >= 15 is 0 Å². The lowest BCUT2D eigenvalue weighted by molar-refractivity contribution is 0.490. The molecule has 0 amide bonds. The topological polar surface area (TPSA) is 6.48 Å². The van der Waals surface area contributed by atoms with Gasteiger partial charge in [-0.3, -0.25) is 0 Å². The minimum atomic E-state index is -0.0809. The molecule has 0 heterocycles. The summed E-state index contributed by atoms with van der Waals surface area (Å²) in [6, 6.07) is 61.4. The van der Waals surface area contributed by atoms with E-state index in [0.29, 0.717) is 0 Å². The zero-order valence-electron chi connectivity index (χ0n) is 36.0. The Balaban J connectivity index is 0.00000220. The molecule has 0 unspecified atom stereocenters. The highest BCUT2D eigenvalue weighted by Crippen LogP contribution is 2.55. The normalized spacial score (nSPS) is 14.3. The number of hydrogen-bond acceptors (Lipinski definition) is 2. The van der Waals surface area contributed by atoms with Crippen LogP contribution in [-0.2, 0) is 18.3 Å². The van der Waals surface area contributed by atoms with Crippen LogP contribution in [-0.4, -0.2) is 0 Å². The summed E-state index contributed by atoms with van der Waals surface area (Å²) < 4.78 is 0. The van der Waals surface area contributed by atoms with E-state index < -0.39 is 0 Å². The highest BCUT2D eigenvalue weighted by atomic mass is 15.2. The fraction of sp³-hybridized carbons (Fsp3) is 0.186. The third-order valence-electron chi connectivity index (χ3n) is 13.7. The number of nitrogens with zero attached hydrogens (tertiary/aromatic N) is 2. The van der Waals surface area contributed by atoms with Gasteiger partial charge in [0.05, 0.1) is 5.69 Å². The molecule has 0 atom stereocenters. The average molecular weight is 791 g/mol. The van der Waals surface area contributed by atoms with Crippen molar-refractivity contribution in [1.82, 2.24) is 0 Å². The fourth-order valence-electron chi connectivity index (χ4n) is 10.8. The van der Waals surface area contributed by atoms with Crippen LogP contribution >= 0.6 is 0 Å². The number of hydrogen-bond donors (Lipinski definition) is 0. The zero-order valence-corrected chi connectivity index (χ0v) is 36.0. The van der Waals surface area contributed by atoms with Gasteiger partial charge in [-0.2, -0.15) is 0 Å². The second kappa shape index (κ2) is 16.1. The third kappa shape index (κ3) is 6.31. The van der Waals surface area contributed by atoms with E-state index in [1.165, 1.54) is 100 Å². The summed E-state index contributed by atoms with van der Waals surface area (Å²) in [5, 5.41) is 5.53. The minimum absolute atomic E-state index is 0.0809. The SMILES string of the molecule is CC.CCC1(CC)c2cc(-c3ccc4ccc5c(N(C6=CC=CCC6)c6ccccc6)ccc6c5c4c3CC6)ccc2-c2ccc(N(c3ccccc3)c3ccccc3)cc21. The molecule has 300 valence electrons. The maximum absolute atomic E-state index is 2.57. The second-order valence-electron chi connectivity index (χ2n) is 16.5. The molecule has 11 rings (SSSR count). The Labute approximate surface area is 362 Å². The monoisotopic (exact) mass is 790 g/mol. The molecule has 8 aromatic rings. The Bertz CT molecular complexity index is 2910. The number of allylic oxidation sites excluding steroid dienone is 4. The minimum Gasteiger partial charge on any atom is -0.314 e. The van der Waals surface area contributed by atoms with Crippen molar-refractivity contribution in [2.24, 2.45) is 0 Å². The molecule has 61 heavy (non-hydrogen) atoms. The molecular formula is C59H54N2. The van der Waals surface area contributed by atoms with Crippen LogP contribution in [0.25, 0.3) is 43.8 Å². The van der Waals surface area contributed by atoms with Gasteiger partial charge in [-0.1, -0.05) is 143 Å². The molecule has 0 spiro atoms. The van der Waals surface area contributed by atoms with Gasteiger partial charge >= 0.3 is 0 Å². The van der Waals surface area contributed by atoms with E-state index in [2.05, 4.69) is 206 Å². The van der Waals surface area contributed by atoms with E-state index in [4.69, 9.17) is 0 Å². The van der Waals surface area contributed by atoms with Gasteiger partial charge in [-0.15, -0.1) is 0 Å². The van der Waals surface area contributed by atoms with Crippen molar-refractivity contribution in [2.75, 3.05) is 9.80 Å². The van der Waals surface area contributed by atoms with Crippen molar-refractivity contribution in [2.45, 2.75) is 71.6 Å². The summed E-state index contributed by atoms with van der Waals surface area (Å²) in [6.07, 6.45) is 13.0. The lowest BCUT2D eigenvalue weighted by Gasteiger charge is -2.32. The number of anilines is 5. The lowest BCUT2D eigenvalue weighted by Crippen LogP contribution is -2.23. The van der Waals surface area contributed by atoms with Gasteiger partial charge in [0.2, 0.25) is 0 Å². The molecule has 0 fully saturated rings. The Morgan fingerprint density at radius 1 is 0.508 bits per heavy atom. The van der Waals surface area contributed by atoms with E-state index in [9.17, 15) is 0 Å². The second-order valence-corrected chi connectivity index (χ2v) is 16.5. The Kier molecular flexibility index (Phi) is 10.2. The number of benzene rings is 8. The summed E-state index contributed by atoms with van der Waals surface area (Å²) in [6.45, 7) is 8.77. The summed E-state index contributed by atoms with van der Waals surface area (Å²) in [5.74, 6) is 0. The molecule has 0 bridgehead atoms. The fourth-order valence-corrected chi connectivity index (χ4v) is 10.8. The number of aryl methyl sites for hydroxylation is 2. The predicted octanol–water partition coefficient (Wildman–Crippen LogP) is 16.7. The number of rotatable bonds is 9. The first-order chi connectivity index (χ1) is 30.2. The van der Waals surface area contributed by atoms with Crippen LogP contribution in [0.4, 0.5) is 28.4 Å². The average Bonchev–Trinajstić information content (AvgIpc) is 3.61. The standard InChI is InChI=1S/C57H48N2.C2H6/c1-3-57(4-2)52-37-41(28-32-48(52)49-35-30-46(38-53(49)57)58(42-17-9-5-10-18-42)43-19-11-6-12-20-43)47-31-25-39-27-34-51-54(36-29-40-26-33-50(47)55(39)56(40)51)59(44-21-13-7-14-22-44)45-23-15-8-16-24-45;1-2/h5-15,17-23,25,27-32,34-38H,3-4,16,24,26,33H2,1-2H3;1-2H3. The van der Waals surface area contributed by atoms with Gasteiger partial charge in [-0.25, -0.2) is 0 Å². The first-order valence-electron chi connectivity index (χ1n) is 22.6. The molecule has 2 heteroatoms. The third-order valence-corrected chi connectivity index (χ3v) is 13.7. The first kappa shape index (κ1) is 38.6. The Morgan fingerprint density at radius 2 is 1.11 bits per heavy atom. The molecule has 2 nitrogen and oxygen atoms in total. The van der Waals surface area contributed by atoms with Crippen LogP contribution in [0.2, 0.25) is 0 Å². The van der Waals surface area contributed by atoms with Gasteiger partial charge in [0.1, 0.15) is 0 Å². The predicted molar refractivity (Wildman–Crippen MR) is 262 cm³/mol. The summed E-state index contributed by atoms with van der Waals surface area (Å²) in [4.78, 5) is 4.90. The van der Waals surface area contributed by atoms with Crippen LogP contribution < -0.4 is 9.80 Å². The van der Waals surface area contributed by atoms with Gasteiger partial charge < -0.3 is 9.80 Å². The van der Waals surface area contributed by atoms with Crippen LogP contribution in [0.3, 0.4) is 0 Å². The lowest BCUT2D eigenvalue weighted by atomic mass is 9.73.